The SMILES string of the molecule is CC(C)(C)CC1[Si](O[Si](C)(C)C)(O[Si](C)(C)C)C(CC(C)(C)C)[Si]1(O[Si](C)(C)C)O[Si](C)(C)C. The third-order valence-electron chi connectivity index (χ3n) is 5.44. The third-order valence-corrected chi connectivity index (χ3v) is 29.9. The highest BCUT2D eigenvalue weighted by molar-refractivity contribution is 7.14. The van der Waals surface area contributed by atoms with Crippen LogP contribution in [0.25, 0.3) is 0 Å². The minimum atomic E-state index is -2.65. The van der Waals surface area contributed by atoms with Crippen molar-refractivity contribution in [1.82, 2.24) is 0 Å². The van der Waals surface area contributed by atoms with Crippen molar-refractivity contribution < 1.29 is 16.5 Å². The van der Waals surface area contributed by atoms with E-state index >= 15 is 0 Å². The summed E-state index contributed by atoms with van der Waals surface area (Å²) < 4.78 is 29.7. The molecule has 1 fully saturated rings. The lowest BCUT2D eigenvalue weighted by molar-refractivity contribution is 0.213. The highest BCUT2D eigenvalue weighted by atomic mass is 28.6. The van der Waals surface area contributed by atoms with Gasteiger partial charge in [0.1, 0.15) is 0 Å². The molecule has 0 unspecified atom stereocenters. The van der Waals surface area contributed by atoms with E-state index in [1.807, 2.05) is 0 Å². The van der Waals surface area contributed by atoms with Crippen LogP contribution in [0, 0.1) is 10.8 Å². The molecule has 1 aliphatic rings. The van der Waals surface area contributed by atoms with Crippen molar-refractivity contribution in [2.75, 3.05) is 0 Å². The van der Waals surface area contributed by atoms with Gasteiger partial charge in [-0.2, -0.15) is 0 Å². The van der Waals surface area contributed by atoms with E-state index in [-0.39, 0.29) is 10.8 Å². The molecule has 0 bridgehead atoms. The van der Waals surface area contributed by atoms with Gasteiger partial charge in [0.2, 0.25) is 0 Å². The van der Waals surface area contributed by atoms with Gasteiger partial charge in [0.15, 0.2) is 33.3 Å². The van der Waals surface area contributed by atoms with E-state index in [1.54, 1.807) is 0 Å². The van der Waals surface area contributed by atoms with Gasteiger partial charge in [0.05, 0.1) is 0 Å². The van der Waals surface area contributed by atoms with Gasteiger partial charge in [-0.1, -0.05) is 41.5 Å². The maximum atomic E-state index is 7.43. The first-order chi connectivity index (χ1) is 14.5. The van der Waals surface area contributed by atoms with E-state index in [4.69, 9.17) is 16.5 Å². The summed E-state index contributed by atoms with van der Waals surface area (Å²) in [6, 6.07) is 0. The molecule has 1 saturated heterocycles. The van der Waals surface area contributed by atoms with Gasteiger partial charge < -0.3 is 16.5 Å². The Kier molecular flexibility index (Phi) is 9.79. The highest BCUT2D eigenvalue weighted by Crippen LogP contribution is 2.67. The fourth-order valence-electron chi connectivity index (χ4n) is 5.27. The maximum Gasteiger partial charge on any atom is 0.327 e. The summed E-state index contributed by atoms with van der Waals surface area (Å²) in [6.45, 7) is 42.4. The fourth-order valence-corrected chi connectivity index (χ4v) is 40.7. The second-order valence-corrected chi connectivity index (χ2v) is 43.9. The van der Waals surface area contributed by atoms with E-state index < -0.39 is 50.4 Å². The van der Waals surface area contributed by atoms with Crippen molar-refractivity contribution in [3.63, 3.8) is 0 Å². The van der Waals surface area contributed by atoms with Crippen molar-refractivity contribution in [1.29, 1.82) is 0 Å². The molecule has 0 aromatic heterocycles. The van der Waals surface area contributed by atoms with E-state index in [1.165, 1.54) is 0 Å². The average molecular weight is 581 g/mol. The van der Waals surface area contributed by atoms with Crippen LogP contribution in [-0.4, -0.2) is 50.4 Å². The zero-order chi connectivity index (χ0) is 27.4. The predicted octanol–water partition coefficient (Wildman–Crippen LogP) is 8.98. The quantitative estimate of drug-likeness (QED) is 0.242. The second kappa shape index (κ2) is 10.0. The van der Waals surface area contributed by atoms with Gasteiger partial charge in [-0.25, -0.2) is 0 Å². The van der Waals surface area contributed by atoms with E-state index in [2.05, 4.69) is 120 Å². The van der Waals surface area contributed by atoms with Crippen molar-refractivity contribution in [3.05, 3.63) is 0 Å². The molecule has 0 aromatic rings. The summed E-state index contributed by atoms with van der Waals surface area (Å²) >= 11 is 0. The smallest absolute Gasteiger partial charge is 0.327 e. The van der Waals surface area contributed by atoms with Crippen LogP contribution in [0.5, 0.6) is 0 Å². The molecular formula is C24H60O4Si6. The van der Waals surface area contributed by atoms with Gasteiger partial charge in [0.25, 0.3) is 0 Å². The molecule has 0 spiro atoms. The van der Waals surface area contributed by atoms with E-state index in [0.29, 0.717) is 10.3 Å². The van der Waals surface area contributed by atoms with Crippen LogP contribution < -0.4 is 0 Å². The molecule has 0 aromatic carbocycles. The first-order valence-electron chi connectivity index (χ1n) is 13.3. The van der Waals surface area contributed by atoms with Crippen LogP contribution in [0.2, 0.25) is 88.9 Å². The Morgan fingerprint density at radius 2 is 0.618 bits per heavy atom. The van der Waals surface area contributed by atoms with Crippen LogP contribution >= 0.6 is 0 Å². The lowest BCUT2D eigenvalue weighted by Crippen LogP contribution is -2.84. The molecule has 1 rings (SSSR count). The van der Waals surface area contributed by atoms with Crippen molar-refractivity contribution in [3.8, 4) is 0 Å². The molecule has 0 atom stereocenters. The van der Waals surface area contributed by atoms with Gasteiger partial charge in [-0.3, -0.25) is 0 Å². The van der Waals surface area contributed by atoms with Gasteiger partial charge in [-0.05, 0) is 102 Å². The van der Waals surface area contributed by atoms with Crippen molar-refractivity contribution >= 4 is 50.4 Å². The molecule has 0 aliphatic carbocycles. The van der Waals surface area contributed by atoms with Crippen LogP contribution in [0.3, 0.4) is 0 Å². The van der Waals surface area contributed by atoms with E-state index in [9.17, 15) is 0 Å². The first-order valence-corrected chi connectivity index (χ1v) is 30.9. The summed E-state index contributed by atoms with van der Waals surface area (Å²) in [4.78, 5) is 0. The van der Waals surface area contributed by atoms with Crippen LogP contribution in [-0.2, 0) is 16.5 Å². The fraction of sp³-hybridized carbons (Fsp3) is 1.00. The molecule has 4 nitrogen and oxygen atoms in total. The predicted molar refractivity (Wildman–Crippen MR) is 165 cm³/mol. The Bertz CT molecular complexity index is 583. The Balaban J connectivity index is 4.01. The van der Waals surface area contributed by atoms with Crippen molar-refractivity contribution in [2.24, 2.45) is 10.8 Å². The number of hydrogen-bond acceptors (Lipinski definition) is 4. The Morgan fingerprint density at radius 1 is 0.441 bits per heavy atom. The minimum absolute atomic E-state index is 0.158. The molecule has 10 heteroatoms. The summed E-state index contributed by atoms with van der Waals surface area (Å²) in [5.74, 6) is 0. The van der Waals surface area contributed by atoms with Gasteiger partial charge in [-0.15, -0.1) is 0 Å². The Morgan fingerprint density at radius 3 is 0.735 bits per heavy atom. The molecule has 0 radical (unpaired) electrons. The second-order valence-electron chi connectivity index (χ2n) is 16.9. The minimum Gasteiger partial charge on any atom is -0.436 e. The summed E-state index contributed by atoms with van der Waals surface area (Å²) in [7, 11) is -12.8. The molecule has 0 N–H and O–H groups in total. The normalized spacial score (nSPS) is 24.2. The molecule has 0 amide bonds. The van der Waals surface area contributed by atoms with Gasteiger partial charge in [0, 0.05) is 10.3 Å². The number of hydrogen-bond donors (Lipinski definition) is 0. The lowest BCUT2D eigenvalue weighted by atomic mass is 9.93. The zero-order valence-electron chi connectivity index (χ0n) is 26.2. The Labute approximate surface area is 220 Å². The largest absolute Gasteiger partial charge is 0.436 e. The lowest BCUT2D eigenvalue weighted by Gasteiger charge is -2.68. The number of rotatable bonds is 10. The van der Waals surface area contributed by atoms with Crippen LogP contribution in [0.4, 0.5) is 0 Å². The Hall–Kier alpha value is 1.14. The zero-order valence-corrected chi connectivity index (χ0v) is 32.2. The third kappa shape index (κ3) is 9.79. The van der Waals surface area contributed by atoms with Crippen LogP contribution in [0.15, 0.2) is 0 Å². The molecule has 1 heterocycles. The maximum absolute atomic E-state index is 7.43. The monoisotopic (exact) mass is 580 g/mol. The molecule has 1 aliphatic heterocycles. The molecular weight excluding hydrogens is 521 g/mol. The molecule has 0 saturated carbocycles. The summed E-state index contributed by atoms with van der Waals surface area (Å²) in [6.07, 6.45) is 2.13. The summed E-state index contributed by atoms with van der Waals surface area (Å²) in [5, 5.41) is 0.619. The molecule has 34 heavy (non-hydrogen) atoms. The van der Waals surface area contributed by atoms with Gasteiger partial charge >= 0.3 is 17.1 Å². The first kappa shape index (κ1) is 33.2. The van der Waals surface area contributed by atoms with Crippen LogP contribution in [0.1, 0.15) is 54.4 Å². The van der Waals surface area contributed by atoms with Crippen molar-refractivity contribution in [2.45, 2.75) is 143 Å². The van der Waals surface area contributed by atoms with E-state index in [0.717, 1.165) is 12.8 Å². The average Bonchev–Trinajstić information content (AvgIpc) is 2.41. The summed E-state index contributed by atoms with van der Waals surface area (Å²) in [5.41, 5.74) is 0.316. The highest BCUT2D eigenvalue weighted by Gasteiger charge is 2.82. The standard InChI is InChI=1S/C24H60O4Si6/c1-23(2,3)19-21-33(25-29(7,8)9,26-30(10,11)12)22(20-24(4,5)6)34(21,27-31(13,14)15)28-32(16,17)18/h21-22H,19-20H2,1-18H3. The molecule has 204 valence electrons. The topological polar surface area (TPSA) is 36.9 Å².